The van der Waals surface area contributed by atoms with Crippen molar-refractivity contribution < 1.29 is 22.6 Å². The molecule has 0 aromatic heterocycles. The van der Waals surface area contributed by atoms with Crippen LogP contribution in [0.1, 0.15) is 6.42 Å². The molecule has 0 aromatic rings. The van der Waals surface area contributed by atoms with E-state index in [1.54, 1.807) is 0 Å². The average molecular weight is 213 g/mol. The number of ether oxygens (including phenoxy) is 2. The smallest absolute Gasteiger partial charge is 0.355 e. The molecule has 0 aliphatic carbocycles. The average Bonchev–Trinajstić information content (AvgIpc) is 2.54. The third-order valence-corrected chi connectivity index (χ3v) is 1.95. The quantitative estimate of drug-likeness (QED) is 0.549. The van der Waals surface area contributed by atoms with Gasteiger partial charge in [-0.1, -0.05) is 0 Å². The van der Waals surface area contributed by atoms with Gasteiger partial charge in [0.25, 0.3) is 0 Å². The van der Waals surface area contributed by atoms with Gasteiger partial charge >= 0.3 is 6.18 Å². The summed E-state index contributed by atoms with van der Waals surface area (Å²) in [5.74, 6) is 0.407. The zero-order valence-electron chi connectivity index (χ0n) is 7.77. The highest BCUT2D eigenvalue weighted by Crippen LogP contribution is 2.14. The van der Waals surface area contributed by atoms with E-state index in [1.807, 2.05) is 0 Å². The Morgan fingerprint density at radius 3 is 2.64 bits per heavy atom. The standard InChI is InChI=1S/C8H14F3NO2/c9-8(10,11)5-14-6-13-4-7-1-2-12-3-7/h7,12H,1-6H2. The van der Waals surface area contributed by atoms with Crippen LogP contribution in [-0.2, 0) is 9.47 Å². The van der Waals surface area contributed by atoms with Crippen molar-refractivity contribution in [3.05, 3.63) is 0 Å². The molecule has 1 aliphatic rings. The van der Waals surface area contributed by atoms with Crippen LogP contribution < -0.4 is 5.32 Å². The van der Waals surface area contributed by atoms with E-state index in [9.17, 15) is 13.2 Å². The molecule has 1 rings (SSSR count). The first-order valence-electron chi connectivity index (χ1n) is 4.51. The van der Waals surface area contributed by atoms with Gasteiger partial charge < -0.3 is 14.8 Å². The minimum absolute atomic E-state index is 0.282. The Hall–Kier alpha value is -0.330. The van der Waals surface area contributed by atoms with Gasteiger partial charge in [-0.15, -0.1) is 0 Å². The van der Waals surface area contributed by atoms with Gasteiger partial charge in [0.1, 0.15) is 13.4 Å². The summed E-state index contributed by atoms with van der Waals surface area (Å²) in [7, 11) is 0. The van der Waals surface area contributed by atoms with Gasteiger partial charge in [-0.3, -0.25) is 0 Å². The Morgan fingerprint density at radius 1 is 1.29 bits per heavy atom. The Labute approximate surface area is 80.6 Å². The van der Waals surface area contributed by atoms with Crippen LogP contribution in [0.25, 0.3) is 0 Å². The largest absolute Gasteiger partial charge is 0.411 e. The minimum atomic E-state index is -4.27. The van der Waals surface area contributed by atoms with Gasteiger partial charge in [-0.05, 0) is 18.9 Å². The summed E-state index contributed by atoms with van der Waals surface area (Å²) in [6.45, 7) is 0.771. The molecule has 3 nitrogen and oxygen atoms in total. The van der Waals surface area contributed by atoms with Crippen molar-refractivity contribution in [1.82, 2.24) is 5.32 Å². The SMILES string of the molecule is FC(F)(F)COCOCC1CCNC1. The summed E-state index contributed by atoms with van der Waals surface area (Å²) in [6, 6.07) is 0. The van der Waals surface area contributed by atoms with E-state index in [4.69, 9.17) is 4.74 Å². The number of alkyl halides is 3. The maximum atomic E-state index is 11.6. The molecule has 0 amide bonds. The lowest BCUT2D eigenvalue weighted by molar-refractivity contribution is -0.197. The molecule has 0 bridgehead atoms. The highest BCUT2D eigenvalue weighted by molar-refractivity contribution is 4.69. The molecule has 1 aliphatic heterocycles. The van der Waals surface area contributed by atoms with Gasteiger partial charge in [-0.25, -0.2) is 0 Å². The Kier molecular flexibility index (Phi) is 4.64. The van der Waals surface area contributed by atoms with Gasteiger partial charge in [0.15, 0.2) is 0 Å². The third kappa shape index (κ3) is 5.41. The molecule has 1 atom stereocenters. The second-order valence-electron chi connectivity index (χ2n) is 3.31. The third-order valence-electron chi connectivity index (χ3n) is 1.95. The zero-order valence-corrected chi connectivity index (χ0v) is 7.77. The summed E-state index contributed by atoms with van der Waals surface area (Å²) in [4.78, 5) is 0. The van der Waals surface area contributed by atoms with Crippen LogP contribution in [0.5, 0.6) is 0 Å². The Morgan fingerprint density at radius 2 is 2.07 bits per heavy atom. The lowest BCUT2D eigenvalue weighted by atomic mass is 10.1. The van der Waals surface area contributed by atoms with Crippen molar-refractivity contribution in [2.75, 3.05) is 33.1 Å². The van der Waals surface area contributed by atoms with Crippen LogP contribution in [0.2, 0.25) is 0 Å². The molecule has 1 saturated heterocycles. The van der Waals surface area contributed by atoms with E-state index in [-0.39, 0.29) is 6.79 Å². The van der Waals surface area contributed by atoms with Crippen LogP contribution in [0.4, 0.5) is 13.2 Å². The number of hydrogen-bond donors (Lipinski definition) is 1. The molecule has 0 radical (unpaired) electrons. The normalized spacial score (nSPS) is 22.9. The van der Waals surface area contributed by atoms with Crippen molar-refractivity contribution in [2.45, 2.75) is 12.6 Å². The van der Waals surface area contributed by atoms with Crippen molar-refractivity contribution >= 4 is 0 Å². The molecule has 14 heavy (non-hydrogen) atoms. The number of hydrogen-bond acceptors (Lipinski definition) is 3. The van der Waals surface area contributed by atoms with Gasteiger partial charge in [0.05, 0.1) is 6.61 Å². The van der Waals surface area contributed by atoms with E-state index in [1.165, 1.54) is 0 Å². The summed E-state index contributed by atoms with van der Waals surface area (Å²) < 4.78 is 44.0. The van der Waals surface area contributed by atoms with Crippen molar-refractivity contribution in [3.63, 3.8) is 0 Å². The first-order valence-corrected chi connectivity index (χ1v) is 4.51. The van der Waals surface area contributed by atoms with E-state index < -0.39 is 12.8 Å². The van der Waals surface area contributed by atoms with Crippen LogP contribution in [-0.4, -0.2) is 39.3 Å². The summed E-state index contributed by atoms with van der Waals surface area (Å²) in [5.41, 5.74) is 0. The second kappa shape index (κ2) is 5.53. The van der Waals surface area contributed by atoms with Crippen LogP contribution in [0, 0.1) is 5.92 Å². The van der Waals surface area contributed by atoms with Crippen molar-refractivity contribution in [1.29, 1.82) is 0 Å². The molecule has 0 spiro atoms. The monoisotopic (exact) mass is 213 g/mol. The van der Waals surface area contributed by atoms with Gasteiger partial charge in [0, 0.05) is 6.54 Å². The molecule has 84 valence electrons. The Balaban J connectivity index is 1.89. The van der Waals surface area contributed by atoms with E-state index in [2.05, 4.69) is 10.1 Å². The number of rotatable bonds is 5. The van der Waals surface area contributed by atoms with Gasteiger partial charge in [-0.2, -0.15) is 13.2 Å². The molecule has 6 heteroatoms. The lowest BCUT2D eigenvalue weighted by Gasteiger charge is -2.10. The maximum Gasteiger partial charge on any atom is 0.411 e. The highest BCUT2D eigenvalue weighted by atomic mass is 19.4. The van der Waals surface area contributed by atoms with Crippen molar-refractivity contribution in [2.24, 2.45) is 5.92 Å². The van der Waals surface area contributed by atoms with Gasteiger partial charge in [0.2, 0.25) is 0 Å². The van der Waals surface area contributed by atoms with Crippen LogP contribution >= 0.6 is 0 Å². The fraction of sp³-hybridized carbons (Fsp3) is 1.00. The topological polar surface area (TPSA) is 30.5 Å². The maximum absolute atomic E-state index is 11.6. The van der Waals surface area contributed by atoms with E-state index >= 15 is 0 Å². The molecule has 1 unspecified atom stereocenters. The summed E-state index contributed by atoms with van der Waals surface area (Å²) in [6.07, 6.45) is -3.25. The zero-order chi connectivity index (χ0) is 10.4. The predicted molar refractivity (Wildman–Crippen MR) is 43.8 cm³/mol. The number of halogens is 3. The highest BCUT2D eigenvalue weighted by Gasteiger charge is 2.27. The molecular weight excluding hydrogens is 199 g/mol. The lowest BCUT2D eigenvalue weighted by Crippen LogP contribution is -2.20. The molecule has 0 aromatic carbocycles. The summed E-state index contributed by atoms with van der Waals surface area (Å²) in [5, 5.41) is 3.14. The van der Waals surface area contributed by atoms with Crippen LogP contribution in [0.3, 0.4) is 0 Å². The molecule has 0 saturated carbocycles. The first-order chi connectivity index (χ1) is 6.58. The van der Waals surface area contributed by atoms with E-state index in [0.717, 1.165) is 19.5 Å². The summed E-state index contributed by atoms with van der Waals surface area (Å²) >= 11 is 0. The predicted octanol–water partition coefficient (Wildman–Crippen LogP) is 1.15. The van der Waals surface area contributed by atoms with E-state index in [0.29, 0.717) is 12.5 Å². The molecule has 1 heterocycles. The second-order valence-corrected chi connectivity index (χ2v) is 3.31. The van der Waals surface area contributed by atoms with Crippen molar-refractivity contribution in [3.8, 4) is 0 Å². The number of nitrogens with one attached hydrogen (secondary N) is 1. The fourth-order valence-electron chi connectivity index (χ4n) is 1.29. The fourth-order valence-corrected chi connectivity index (χ4v) is 1.29. The molecule has 1 N–H and O–H groups in total. The minimum Gasteiger partial charge on any atom is -0.355 e. The molecule has 1 fully saturated rings. The molecular formula is C8H14F3NO2. The Bertz CT molecular complexity index is 157. The van der Waals surface area contributed by atoms with Crippen LogP contribution in [0.15, 0.2) is 0 Å². The first kappa shape index (κ1) is 11.7.